The maximum absolute atomic E-state index is 13.4. The Morgan fingerprint density at radius 3 is 2.69 bits per heavy atom. The topological polar surface area (TPSA) is 66.5 Å². The molecule has 8 heteroatoms. The third kappa shape index (κ3) is 4.06. The number of aryl methyl sites for hydroxylation is 1. The Kier molecular flexibility index (Phi) is 5.32. The van der Waals surface area contributed by atoms with Crippen LogP contribution in [-0.2, 0) is 20.6 Å². The summed E-state index contributed by atoms with van der Waals surface area (Å²) >= 11 is 6.01. The average molecular weight is 397 g/mol. The fourth-order valence-corrected chi connectivity index (χ4v) is 4.60. The lowest BCUT2D eigenvalue weighted by Gasteiger charge is -2.18. The molecule has 138 valence electrons. The van der Waals surface area contributed by atoms with Crippen molar-refractivity contribution in [1.82, 2.24) is 4.72 Å². The first-order valence-electron chi connectivity index (χ1n) is 8.08. The van der Waals surface area contributed by atoms with Crippen molar-refractivity contribution in [3.05, 3.63) is 64.4 Å². The van der Waals surface area contributed by atoms with Gasteiger partial charge in [0.25, 0.3) is 0 Å². The van der Waals surface area contributed by atoms with E-state index in [9.17, 15) is 17.6 Å². The summed E-state index contributed by atoms with van der Waals surface area (Å²) in [6.07, 6.45) is 0.344. The zero-order valence-electron chi connectivity index (χ0n) is 14.1. The SMILES string of the molecule is Cc1cc(N2CC[C@H](NS(=O)(=O)Cc3ccccc3Cl)C2=O)ccc1F. The van der Waals surface area contributed by atoms with E-state index in [0.717, 1.165) is 0 Å². The van der Waals surface area contributed by atoms with Gasteiger partial charge < -0.3 is 4.90 Å². The molecular formula is C18H18ClFN2O3S. The molecule has 2 aromatic carbocycles. The Labute approximate surface area is 156 Å². The smallest absolute Gasteiger partial charge is 0.245 e. The number of rotatable bonds is 5. The molecule has 1 saturated heterocycles. The summed E-state index contributed by atoms with van der Waals surface area (Å²) in [4.78, 5) is 14.0. The molecular weight excluding hydrogens is 379 g/mol. The van der Waals surface area contributed by atoms with Crippen molar-refractivity contribution in [2.24, 2.45) is 0 Å². The van der Waals surface area contributed by atoms with Crippen LogP contribution in [0.1, 0.15) is 17.5 Å². The molecule has 2 aromatic rings. The number of carbonyl (C=O) groups excluding carboxylic acids is 1. The summed E-state index contributed by atoms with van der Waals surface area (Å²) in [6, 6.07) is 10.2. The molecule has 0 saturated carbocycles. The number of benzene rings is 2. The number of nitrogens with one attached hydrogen (secondary N) is 1. The molecule has 0 aliphatic carbocycles. The molecule has 1 atom stereocenters. The number of hydrogen-bond acceptors (Lipinski definition) is 3. The molecule has 0 aromatic heterocycles. The minimum Gasteiger partial charge on any atom is -0.311 e. The molecule has 1 heterocycles. The van der Waals surface area contributed by atoms with Gasteiger partial charge in [0, 0.05) is 17.3 Å². The van der Waals surface area contributed by atoms with Crippen LogP contribution in [0, 0.1) is 12.7 Å². The highest BCUT2D eigenvalue weighted by molar-refractivity contribution is 7.88. The maximum Gasteiger partial charge on any atom is 0.245 e. The van der Waals surface area contributed by atoms with Crippen molar-refractivity contribution >= 4 is 33.2 Å². The van der Waals surface area contributed by atoms with Crippen LogP contribution in [0.15, 0.2) is 42.5 Å². The monoisotopic (exact) mass is 396 g/mol. The number of carbonyl (C=O) groups is 1. The zero-order valence-corrected chi connectivity index (χ0v) is 15.6. The van der Waals surface area contributed by atoms with E-state index in [1.54, 1.807) is 37.3 Å². The van der Waals surface area contributed by atoms with Crippen molar-refractivity contribution in [2.45, 2.75) is 25.1 Å². The number of anilines is 1. The van der Waals surface area contributed by atoms with Gasteiger partial charge >= 0.3 is 0 Å². The quantitative estimate of drug-likeness (QED) is 0.844. The van der Waals surface area contributed by atoms with E-state index in [2.05, 4.69) is 4.72 Å². The van der Waals surface area contributed by atoms with Crippen LogP contribution in [0.2, 0.25) is 5.02 Å². The fraction of sp³-hybridized carbons (Fsp3) is 0.278. The van der Waals surface area contributed by atoms with E-state index in [1.165, 1.54) is 17.0 Å². The summed E-state index contributed by atoms with van der Waals surface area (Å²) in [5.41, 5.74) is 1.46. The predicted molar refractivity (Wildman–Crippen MR) is 99.1 cm³/mol. The second kappa shape index (κ2) is 7.34. The number of amides is 1. The van der Waals surface area contributed by atoms with Crippen molar-refractivity contribution < 1.29 is 17.6 Å². The standard InChI is InChI=1S/C18H18ClFN2O3S/c1-12-10-14(6-7-16(12)20)22-9-8-17(18(22)23)21-26(24,25)11-13-4-2-3-5-15(13)19/h2-7,10,17,21H,8-9,11H2,1H3/t17-/m0/s1. The summed E-state index contributed by atoms with van der Waals surface area (Å²) < 4.78 is 40.7. The van der Waals surface area contributed by atoms with E-state index >= 15 is 0 Å². The molecule has 0 radical (unpaired) electrons. The van der Waals surface area contributed by atoms with E-state index in [0.29, 0.717) is 34.8 Å². The van der Waals surface area contributed by atoms with Gasteiger partial charge in [0.1, 0.15) is 11.9 Å². The van der Waals surface area contributed by atoms with E-state index in [4.69, 9.17) is 11.6 Å². The van der Waals surface area contributed by atoms with Crippen LogP contribution in [-0.4, -0.2) is 26.9 Å². The van der Waals surface area contributed by atoms with Crippen LogP contribution in [0.25, 0.3) is 0 Å². The van der Waals surface area contributed by atoms with Gasteiger partial charge in [0.2, 0.25) is 15.9 Å². The minimum atomic E-state index is -3.74. The van der Waals surface area contributed by atoms with Crippen molar-refractivity contribution in [1.29, 1.82) is 0 Å². The van der Waals surface area contributed by atoms with Crippen molar-refractivity contribution in [3.8, 4) is 0 Å². The van der Waals surface area contributed by atoms with E-state index in [1.807, 2.05) is 0 Å². The molecule has 1 aliphatic heterocycles. The molecule has 1 aliphatic rings. The molecule has 1 amide bonds. The molecule has 3 rings (SSSR count). The fourth-order valence-electron chi connectivity index (χ4n) is 2.92. The molecule has 26 heavy (non-hydrogen) atoms. The number of halogens is 2. The van der Waals surface area contributed by atoms with E-state index in [-0.39, 0.29) is 17.5 Å². The summed E-state index contributed by atoms with van der Waals surface area (Å²) in [5, 5.41) is 0.360. The Morgan fingerprint density at radius 1 is 1.27 bits per heavy atom. The molecule has 1 N–H and O–H groups in total. The Bertz CT molecular complexity index is 949. The van der Waals surface area contributed by atoms with Gasteiger partial charge in [0.05, 0.1) is 5.75 Å². The lowest BCUT2D eigenvalue weighted by atomic mass is 10.2. The first-order chi connectivity index (χ1) is 12.3. The van der Waals surface area contributed by atoms with Gasteiger partial charge in [-0.2, -0.15) is 0 Å². The lowest BCUT2D eigenvalue weighted by molar-refractivity contribution is -0.118. The van der Waals surface area contributed by atoms with Crippen LogP contribution in [0.4, 0.5) is 10.1 Å². The predicted octanol–water partition coefficient (Wildman–Crippen LogP) is 3.01. The van der Waals surface area contributed by atoms with Crippen LogP contribution >= 0.6 is 11.6 Å². The van der Waals surface area contributed by atoms with Gasteiger partial charge in [0.15, 0.2) is 0 Å². The van der Waals surface area contributed by atoms with Crippen LogP contribution in [0.3, 0.4) is 0 Å². The zero-order chi connectivity index (χ0) is 18.9. The number of sulfonamides is 1. The number of hydrogen-bond donors (Lipinski definition) is 1. The van der Waals surface area contributed by atoms with Crippen molar-refractivity contribution in [2.75, 3.05) is 11.4 Å². The third-order valence-electron chi connectivity index (χ3n) is 4.28. The highest BCUT2D eigenvalue weighted by Crippen LogP contribution is 2.25. The maximum atomic E-state index is 13.4. The molecule has 5 nitrogen and oxygen atoms in total. The first kappa shape index (κ1) is 18.8. The van der Waals surface area contributed by atoms with Gasteiger partial charge in [-0.25, -0.2) is 17.5 Å². The van der Waals surface area contributed by atoms with Gasteiger partial charge in [-0.3, -0.25) is 4.79 Å². The highest BCUT2D eigenvalue weighted by Gasteiger charge is 2.35. The Hall–Kier alpha value is -1.96. The van der Waals surface area contributed by atoms with Crippen LogP contribution < -0.4 is 9.62 Å². The van der Waals surface area contributed by atoms with Gasteiger partial charge in [-0.1, -0.05) is 29.8 Å². The third-order valence-corrected chi connectivity index (χ3v) is 5.99. The average Bonchev–Trinajstić information content (AvgIpc) is 2.92. The first-order valence-corrected chi connectivity index (χ1v) is 10.1. The largest absolute Gasteiger partial charge is 0.311 e. The molecule has 0 unspecified atom stereocenters. The lowest BCUT2D eigenvalue weighted by Crippen LogP contribution is -2.42. The molecule has 0 spiro atoms. The Morgan fingerprint density at radius 2 is 2.00 bits per heavy atom. The summed E-state index contributed by atoms with van der Waals surface area (Å²) in [6.45, 7) is 1.98. The van der Waals surface area contributed by atoms with Crippen LogP contribution in [0.5, 0.6) is 0 Å². The van der Waals surface area contributed by atoms with Gasteiger partial charge in [-0.05, 0) is 48.7 Å². The Balaban J connectivity index is 1.72. The molecule has 1 fully saturated rings. The highest BCUT2D eigenvalue weighted by atomic mass is 35.5. The molecule has 0 bridgehead atoms. The summed E-state index contributed by atoms with van der Waals surface area (Å²) in [7, 11) is -3.74. The normalized spacial score (nSPS) is 17.7. The minimum absolute atomic E-state index is 0.299. The summed E-state index contributed by atoms with van der Waals surface area (Å²) in [5.74, 6) is -0.998. The van der Waals surface area contributed by atoms with E-state index < -0.39 is 16.1 Å². The van der Waals surface area contributed by atoms with Gasteiger partial charge in [-0.15, -0.1) is 0 Å². The second-order valence-corrected chi connectivity index (χ2v) is 8.39. The van der Waals surface area contributed by atoms with Crippen molar-refractivity contribution in [3.63, 3.8) is 0 Å². The number of nitrogens with zero attached hydrogens (tertiary/aromatic N) is 1. The second-order valence-electron chi connectivity index (χ2n) is 6.23.